The van der Waals surface area contributed by atoms with E-state index in [0.29, 0.717) is 49.5 Å². The number of rotatable bonds is 7. The van der Waals surface area contributed by atoms with Gasteiger partial charge in [0.15, 0.2) is 5.82 Å². The first kappa shape index (κ1) is 22.7. The molecule has 176 valence electrons. The lowest BCUT2D eigenvalue weighted by Crippen LogP contribution is -2.48. The van der Waals surface area contributed by atoms with Gasteiger partial charge in [-0.25, -0.2) is 0 Å². The van der Waals surface area contributed by atoms with Gasteiger partial charge in [-0.15, -0.1) is 0 Å². The van der Waals surface area contributed by atoms with Crippen molar-refractivity contribution in [3.05, 3.63) is 45.6 Å². The highest BCUT2D eigenvalue weighted by atomic mass is 16.6. The fraction of sp³-hybridized carbons (Fsp3) is 0.545. The lowest BCUT2D eigenvalue weighted by atomic mass is 10.0. The van der Waals surface area contributed by atoms with E-state index in [1.165, 1.54) is 13.0 Å². The van der Waals surface area contributed by atoms with Crippen LogP contribution in [0.15, 0.2) is 22.7 Å². The number of nitrogens with zero attached hydrogens (tertiary/aromatic N) is 5. The number of anilines is 1. The molecule has 1 aromatic carbocycles. The molecule has 2 aromatic rings. The highest BCUT2D eigenvalue weighted by Crippen LogP contribution is 2.39. The highest BCUT2D eigenvalue weighted by molar-refractivity contribution is 5.96. The largest absolute Gasteiger partial charge is 0.362 e. The van der Waals surface area contributed by atoms with Gasteiger partial charge in [-0.1, -0.05) is 19.0 Å². The maximum absolute atomic E-state index is 13.0. The predicted octanol–water partition coefficient (Wildman–Crippen LogP) is 2.65. The SMILES string of the molecule is CC(=O)N1CCN(c2ccc(C(=O)NC(c3nc(C4CC4)no3)C(C)C)cc2[N+](=O)[O-])CC1. The van der Waals surface area contributed by atoms with Crippen LogP contribution in [0.1, 0.15) is 67.6 Å². The molecule has 33 heavy (non-hydrogen) atoms. The zero-order valence-electron chi connectivity index (χ0n) is 19.0. The van der Waals surface area contributed by atoms with Gasteiger partial charge in [0.1, 0.15) is 11.7 Å². The van der Waals surface area contributed by atoms with E-state index >= 15 is 0 Å². The normalized spacial score (nSPS) is 17.2. The van der Waals surface area contributed by atoms with Crippen molar-refractivity contribution in [3.8, 4) is 0 Å². The number of nitro benzene ring substituents is 1. The number of hydrogen-bond donors (Lipinski definition) is 1. The maximum atomic E-state index is 13.0. The minimum atomic E-state index is -0.504. The van der Waals surface area contributed by atoms with Crippen LogP contribution in [0.4, 0.5) is 11.4 Å². The molecule has 0 spiro atoms. The summed E-state index contributed by atoms with van der Waals surface area (Å²) in [5, 5.41) is 18.7. The Morgan fingerprint density at radius 2 is 1.91 bits per heavy atom. The number of carbonyl (C=O) groups is 2. The van der Waals surface area contributed by atoms with Gasteiger partial charge in [-0.3, -0.25) is 19.7 Å². The molecule has 11 nitrogen and oxygen atoms in total. The van der Waals surface area contributed by atoms with Crippen LogP contribution < -0.4 is 10.2 Å². The Hall–Kier alpha value is -3.50. The van der Waals surface area contributed by atoms with Crippen molar-refractivity contribution in [1.82, 2.24) is 20.4 Å². The summed E-state index contributed by atoms with van der Waals surface area (Å²) in [5.41, 5.74) is 0.473. The van der Waals surface area contributed by atoms with E-state index in [1.54, 1.807) is 17.0 Å². The highest BCUT2D eigenvalue weighted by Gasteiger charge is 2.32. The van der Waals surface area contributed by atoms with Gasteiger partial charge < -0.3 is 19.6 Å². The average Bonchev–Trinajstić information content (AvgIpc) is 3.53. The summed E-state index contributed by atoms with van der Waals surface area (Å²) in [6.45, 7) is 7.34. The van der Waals surface area contributed by atoms with Crippen LogP contribution in [0.25, 0.3) is 0 Å². The van der Waals surface area contributed by atoms with E-state index < -0.39 is 16.9 Å². The van der Waals surface area contributed by atoms with Gasteiger partial charge in [-0.2, -0.15) is 4.98 Å². The molecule has 1 aliphatic carbocycles. The number of amides is 2. The molecule has 2 amide bonds. The molecule has 2 heterocycles. The maximum Gasteiger partial charge on any atom is 0.293 e. The van der Waals surface area contributed by atoms with Crippen LogP contribution >= 0.6 is 0 Å². The summed E-state index contributed by atoms with van der Waals surface area (Å²) in [4.78, 5) is 43.9. The van der Waals surface area contributed by atoms with Gasteiger partial charge in [0.25, 0.3) is 11.6 Å². The van der Waals surface area contributed by atoms with Crippen LogP contribution in [0, 0.1) is 16.0 Å². The first-order valence-electron chi connectivity index (χ1n) is 11.2. The molecule has 1 atom stereocenters. The van der Waals surface area contributed by atoms with E-state index in [4.69, 9.17) is 4.52 Å². The summed E-state index contributed by atoms with van der Waals surface area (Å²) < 4.78 is 5.39. The van der Waals surface area contributed by atoms with Crippen molar-refractivity contribution in [2.75, 3.05) is 31.1 Å². The molecule has 0 radical (unpaired) electrons. The summed E-state index contributed by atoms with van der Waals surface area (Å²) in [6.07, 6.45) is 2.08. The Morgan fingerprint density at radius 1 is 1.21 bits per heavy atom. The Kier molecular flexibility index (Phi) is 6.30. The Morgan fingerprint density at radius 3 is 2.48 bits per heavy atom. The minimum absolute atomic E-state index is 0.0126. The summed E-state index contributed by atoms with van der Waals surface area (Å²) in [5.74, 6) is 0.855. The molecule has 1 aliphatic heterocycles. The third-order valence-corrected chi connectivity index (χ3v) is 6.12. The van der Waals surface area contributed by atoms with E-state index in [0.717, 1.165) is 12.8 Å². The van der Waals surface area contributed by atoms with Gasteiger partial charge in [0.05, 0.1) is 4.92 Å². The number of carbonyl (C=O) groups excluding carboxylic acids is 2. The van der Waals surface area contributed by atoms with E-state index in [1.807, 2.05) is 18.7 Å². The second kappa shape index (κ2) is 9.16. The second-order valence-corrected chi connectivity index (χ2v) is 8.91. The van der Waals surface area contributed by atoms with Crippen molar-refractivity contribution >= 4 is 23.2 Å². The average molecular weight is 457 g/mol. The van der Waals surface area contributed by atoms with Gasteiger partial charge >= 0.3 is 0 Å². The summed E-state index contributed by atoms with van der Waals surface area (Å²) in [7, 11) is 0. The van der Waals surface area contributed by atoms with Crippen molar-refractivity contribution < 1.29 is 19.0 Å². The van der Waals surface area contributed by atoms with Gasteiger partial charge in [0.2, 0.25) is 11.8 Å². The zero-order chi connectivity index (χ0) is 23.7. The topological polar surface area (TPSA) is 135 Å². The van der Waals surface area contributed by atoms with Crippen molar-refractivity contribution in [2.24, 2.45) is 5.92 Å². The molecule has 0 bridgehead atoms. The number of benzene rings is 1. The molecular formula is C22H28N6O5. The first-order chi connectivity index (χ1) is 15.7. The van der Waals surface area contributed by atoms with Crippen molar-refractivity contribution in [2.45, 2.75) is 45.6 Å². The number of nitro groups is 1. The van der Waals surface area contributed by atoms with E-state index in [9.17, 15) is 19.7 Å². The smallest absolute Gasteiger partial charge is 0.293 e. The Labute approximate surface area is 191 Å². The minimum Gasteiger partial charge on any atom is -0.362 e. The van der Waals surface area contributed by atoms with E-state index in [2.05, 4.69) is 15.5 Å². The molecule has 2 fully saturated rings. The lowest BCUT2D eigenvalue weighted by Gasteiger charge is -2.35. The molecule has 2 aliphatic rings. The second-order valence-electron chi connectivity index (χ2n) is 8.91. The zero-order valence-corrected chi connectivity index (χ0v) is 19.0. The molecule has 11 heteroatoms. The van der Waals surface area contributed by atoms with Crippen LogP contribution in [0.2, 0.25) is 0 Å². The Balaban J connectivity index is 1.51. The number of piperazine rings is 1. The molecule has 1 aromatic heterocycles. The number of nitrogens with one attached hydrogen (secondary N) is 1. The molecule has 1 N–H and O–H groups in total. The number of aromatic nitrogens is 2. The molecule has 1 unspecified atom stereocenters. The third-order valence-electron chi connectivity index (χ3n) is 6.12. The molecule has 1 saturated heterocycles. The first-order valence-corrected chi connectivity index (χ1v) is 11.2. The van der Waals surface area contributed by atoms with E-state index in [-0.39, 0.29) is 23.1 Å². The van der Waals surface area contributed by atoms with Crippen LogP contribution in [-0.2, 0) is 4.79 Å². The fourth-order valence-corrected chi connectivity index (χ4v) is 3.96. The monoisotopic (exact) mass is 456 g/mol. The molecule has 4 rings (SSSR count). The fourth-order valence-electron chi connectivity index (χ4n) is 3.96. The van der Waals surface area contributed by atoms with Crippen LogP contribution in [0.5, 0.6) is 0 Å². The van der Waals surface area contributed by atoms with Crippen molar-refractivity contribution in [3.63, 3.8) is 0 Å². The molecule has 1 saturated carbocycles. The predicted molar refractivity (Wildman–Crippen MR) is 119 cm³/mol. The standard InChI is InChI=1S/C22H28N6O5/c1-13(2)19(22-24-20(25-33-22)15-4-5-15)23-21(30)16-6-7-17(18(12-16)28(31)32)27-10-8-26(9-11-27)14(3)29/h6-7,12-13,15,19H,4-5,8-11H2,1-3H3,(H,23,30). The van der Waals surface area contributed by atoms with Crippen LogP contribution in [0.3, 0.4) is 0 Å². The third kappa shape index (κ3) is 4.96. The Bertz CT molecular complexity index is 1060. The van der Waals surface area contributed by atoms with Gasteiger partial charge in [-0.05, 0) is 30.9 Å². The summed E-state index contributed by atoms with van der Waals surface area (Å²) in [6, 6.07) is 3.97. The number of hydrogen-bond acceptors (Lipinski definition) is 8. The summed E-state index contributed by atoms with van der Waals surface area (Å²) >= 11 is 0. The van der Waals surface area contributed by atoms with Gasteiger partial charge in [0, 0.05) is 50.7 Å². The quantitative estimate of drug-likeness (QED) is 0.496. The van der Waals surface area contributed by atoms with Crippen LogP contribution in [-0.4, -0.2) is 58.0 Å². The molecular weight excluding hydrogens is 428 g/mol. The lowest BCUT2D eigenvalue weighted by molar-refractivity contribution is -0.384. The van der Waals surface area contributed by atoms with Crippen molar-refractivity contribution in [1.29, 1.82) is 0 Å².